The summed E-state index contributed by atoms with van der Waals surface area (Å²) < 4.78 is 32.2. The second kappa shape index (κ2) is 8.14. The molecule has 2 aromatic carbocycles. The number of esters is 1. The topological polar surface area (TPSA) is 118 Å². The van der Waals surface area contributed by atoms with Gasteiger partial charge in [0, 0.05) is 0 Å². The number of para-hydroxylation sites is 1. The number of nitrogens with one attached hydrogen (secondary N) is 2. The van der Waals surface area contributed by atoms with Crippen molar-refractivity contribution in [2.75, 3.05) is 6.54 Å². The van der Waals surface area contributed by atoms with Crippen molar-refractivity contribution in [3.05, 3.63) is 69.8 Å². The fourth-order valence-corrected chi connectivity index (χ4v) is 3.76. The molecule has 29 heavy (non-hydrogen) atoms. The summed E-state index contributed by atoms with van der Waals surface area (Å²) >= 11 is 0. The van der Waals surface area contributed by atoms with E-state index in [1.54, 1.807) is 37.3 Å². The summed E-state index contributed by atoms with van der Waals surface area (Å²) in [4.78, 5) is 31.2. The number of carbonyl (C=O) groups excluding carboxylic acids is 1. The van der Waals surface area contributed by atoms with Crippen LogP contribution in [0, 0.1) is 13.8 Å². The molecule has 0 spiro atoms. The summed E-state index contributed by atoms with van der Waals surface area (Å²) in [7, 11) is -3.85. The fourth-order valence-electron chi connectivity index (χ4n) is 2.71. The van der Waals surface area contributed by atoms with E-state index < -0.39 is 28.6 Å². The highest BCUT2D eigenvalue weighted by molar-refractivity contribution is 7.89. The van der Waals surface area contributed by atoms with Gasteiger partial charge in [0.05, 0.1) is 15.8 Å². The van der Waals surface area contributed by atoms with E-state index in [9.17, 15) is 18.0 Å². The Kier molecular flexibility index (Phi) is 5.81. The Labute approximate surface area is 168 Å². The summed E-state index contributed by atoms with van der Waals surface area (Å²) in [5.74, 6) is -0.611. The first-order chi connectivity index (χ1) is 13.7. The van der Waals surface area contributed by atoms with Gasteiger partial charge in [-0.25, -0.2) is 13.4 Å². The Morgan fingerprint density at radius 2 is 1.90 bits per heavy atom. The molecule has 9 heteroatoms. The first-order valence-electron chi connectivity index (χ1n) is 8.93. The number of aromatic nitrogens is 2. The molecule has 3 aromatic rings. The predicted octanol–water partition coefficient (Wildman–Crippen LogP) is 2.12. The maximum atomic E-state index is 12.4. The van der Waals surface area contributed by atoms with Crippen molar-refractivity contribution >= 4 is 26.9 Å². The molecule has 0 aliphatic heterocycles. The summed E-state index contributed by atoms with van der Waals surface area (Å²) in [5.41, 5.74) is 1.93. The highest BCUT2D eigenvalue weighted by Gasteiger charge is 2.19. The second-order valence-electron chi connectivity index (χ2n) is 6.67. The lowest BCUT2D eigenvalue weighted by molar-refractivity contribution is -0.147. The molecule has 152 valence electrons. The smallest absolute Gasteiger partial charge is 0.321 e. The number of benzene rings is 2. The highest BCUT2D eigenvalue weighted by atomic mass is 32.2. The van der Waals surface area contributed by atoms with Crippen molar-refractivity contribution in [3.63, 3.8) is 0 Å². The number of aryl methyl sites for hydroxylation is 2. The molecular formula is C20H21N3O5S. The van der Waals surface area contributed by atoms with E-state index in [1.807, 2.05) is 13.8 Å². The lowest BCUT2D eigenvalue weighted by atomic mass is 10.1. The normalized spacial score (nSPS) is 12.7. The number of H-pyrrole nitrogens is 1. The van der Waals surface area contributed by atoms with Gasteiger partial charge in [-0.3, -0.25) is 9.59 Å². The van der Waals surface area contributed by atoms with E-state index in [0.29, 0.717) is 10.9 Å². The van der Waals surface area contributed by atoms with Crippen LogP contribution in [0.4, 0.5) is 0 Å². The molecule has 0 aliphatic rings. The molecule has 0 saturated heterocycles. The number of hydrogen-bond acceptors (Lipinski definition) is 6. The molecule has 3 rings (SSSR count). The van der Waals surface area contributed by atoms with E-state index >= 15 is 0 Å². The van der Waals surface area contributed by atoms with Gasteiger partial charge >= 0.3 is 5.97 Å². The number of sulfonamides is 1. The second-order valence-corrected chi connectivity index (χ2v) is 8.44. The number of fused-ring (bicyclic) bond motifs is 1. The van der Waals surface area contributed by atoms with Gasteiger partial charge in [-0.05, 0) is 56.2 Å². The van der Waals surface area contributed by atoms with E-state index in [4.69, 9.17) is 4.74 Å². The molecule has 0 aliphatic carbocycles. The van der Waals surface area contributed by atoms with Crippen molar-refractivity contribution in [2.45, 2.75) is 31.8 Å². The summed E-state index contributed by atoms with van der Waals surface area (Å²) in [6.45, 7) is 4.69. The van der Waals surface area contributed by atoms with E-state index in [2.05, 4.69) is 14.7 Å². The number of rotatable bonds is 6. The van der Waals surface area contributed by atoms with Gasteiger partial charge in [0.1, 0.15) is 6.54 Å². The number of aromatic amines is 1. The molecule has 0 amide bonds. The van der Waals surface area contributed by atoms with Crippen molar-refractivity contribution < 1.29 is 17.9 Å². The zero-order valence-electron chi connectivity index (χ0n) is 16.2. The average Bonchev–Trinajstić information content (AvgIpc) is 2.68. The van der Waals surface area contributed by atoms with Gasteiger partial charge in [0.25, 0.3) is 5.56 Å². The van der Waals surface area contributed by atoms with Crippen molar-refractivity contribution in [2.24, 2.45) is 0 Å². The largest absolute Gasteiger partial charge is 0.454 e. The van der Waals surface area contributed by atoms with Crippen LogP contribution < -0.4 is 10.3 Å². The van der Waals surface area contributed by atoms with Crippen LogP contribution in [0.2, 0.25) is 0 Å². The Bertz CT molecular complexity index is 1230. The van der Waals surface area contributed by atoms with Gasteiger partial charge in [-0.1, -0.05) is 18.2 Å². The van der Waals surface area contributed by atoms with E-state index in [1.165, 1.54) is 12.1 Å². The molecular weight excluding hydrogens is 394 g/mol. The summed E-state index contributed by atoms with van der Waals surface area (Å²) in [6.07, 6.45) is -0.856. The zero-order valence-corrected chi connectivity index (χ0v) is 17.0. The van der Waals surface area contributed by atoms with Crippen LogP contribution >= 0.6 is 0 Å². The Balaban J connectivity index is 1.67. The highest BCUT2D eigenvalue weighted by Crippen LogP contribution is 2.16. The third-order valence-corrected chi connectivity index (χ3v) is 5.92. The maximum absolute atomic E-state index is 12.4. The molecule has 1 aromatic heterocycles. The quantitative estimate of drug-likeness (QED) is 0.596. The molecule has 1 heterocycles. The van der Waals surface area contributed by atoms with Crippen molar-refractivity contribution in [1.29, 1.82) is 0 Å². The van der Waals surface area contributed by atoms with E-state index in [-0.39, 0.29) is 16.3 Å². The Morgan fingerprint density at radius 3 is 2.62 bits per heavy atom. The minimum atomic E-state index is -3.85. The average molecular weight is 415 g/mol. The molecule has 2 N–H and O–H groups in total. The number of ether oxygens (including phenoxy) is 1. The molecule has 0 fully saturated rings. The minimum Gasteiger partial charge on any atom is -0.454 e. The van der Waals surface area contributed by atoms with Gasteiger partial charge in [0.2, 0.25) is 10.0 Å². The van der Waals surface area contributed by atoms with Gasteiger partial charge in [-0.15, -0.1) is 0 Å². The molecule has 1 atom stereocenters. The minimum absolute atomic E-state index is 0.0713. The van der Waals surface area contributed by atoms with Gasteiger partial charge in [-0.2, -0.15) is 4.72 Å². The number of nitrogens with zero attached hydrogens (tertiary/aromatic N) is 1. The molecule has 0 bridgehead atoms. The number of hydrogen-bond donors (Lipinski definition) is 2. The fraction of sp³-hybridized carbons (Fsp3) is 0.250. The first kappa shape index (κ1) is 20.7. The van der Waals surface area contributed by atoms with Gasteiger partial charge < -0.3 is 9.72 Å². The SMILES string of the molecule is Cc1ccc(S(=O)(=O)NCC(=O)O[C@H](C)c2nc3ccccc3c(=O)[nH]2)cc1C. The van der Waals surface area contributed by atoms with Crippen LogP contribution in [0.3, 0.4) is 0 Å². The molecule has 8 nitrogen and oxygen atoms in total. The standard InChI is InChI=1S/C20H21N3O5S/c1-12-8-9-15(10-13(12)2)29(26,27)21-11-18(24)28-14(3)19-22-17-7-5-4-6-16(17)20(25)23-19/h4-10,14,21H,11H2,1-3H3,(H,22,23,25)/t14-/m1/s1. The van der Waals surface area contributed by atoms with Crippen molar-refractivity contribution in [3.8, 4) is 0 Å². The Hall–Kier alpha value is -3.04. The van der Waals surface area contributed by atoms with Crippen LogP contribution in [0.5, 0.6) is 0 Å². The Morgan fingerprint density at radius 1 is 1.17 bits per heavy atom. The van der Waals surface area contributed by atoms with Crippen LogP contribution in [0.1, 0.15) is 30.0 Å². The van der Waals surface area contributed by atoms with Crippen LogP contribution in [-0.4, -0.2) is 30.9 Å². The lowest BCUT2D eigenvalue weighted by Crippen LogP contribution is -2.31. The van der Waals surface area contributed by atoms with Gasteiger partial charge in [0.15, 0.2) is 11.9 Å². The summed E-state index contributed by atoms with van der Waals surface area (Å²) in [5, 5.41) is 0.427. The third kappa shape index (κ3) is 4.69. The van der Waals surface area contributed by atoms with E-state index in [0.717, 1.165) is 11.1 Å². The predicted molar refractivity (Wildman–Crippen MR) is 108 cm³/mol. The van der Waals surface area contributed by atoms with Crippen LogP contribution in [0.25, 0.3) is 10.9 Å². The first-order valence-corrected chi connectivity index (χ1v) is 10.4. The third-order valence-electron chi connectivity index (χ3n) is 4.52. The van der Waals surface area contributed by atoms with Crippen LogP contribution in [-0.2, 0) is 19.6 Å². The molecule has 0 radical (unpaired) electrons. The van der Waals surface area contributed by atoms with Crippen LogP contribution in [0.15, 0.2) is 52.2 Å². The maximum Gasteiger partial charge on any atom is 0.321 e. The lowest BCUT2D eigenvalue weighted by Gasteiger charge is -2.14. The summed E-state index contributed by atoms with van der Waals surface area (Å²) in [6, 6.07) is 11.5. The zero-order chi connectivity index (χ0) is 21.2. The number of carbonyl (C=O) groups is 1. The molecule has 0 saturated carbocycles. The monoisotopic (exact) mass is 415 g/mol. The van der Waals surface area contributed by atoms with Crippen molar-refractivity contribution in [1.82, 2.24) is 14.7 Å². The molecule has 0 unspecified atom stereocenters.